The molecule has 2 aromatic carbocycles. The van der Waals surface area contributed by atoms with Gasteiger partial charge < -0.3 is 19.3 Å². The molecule has 0 spiro atoms. The van der Waals surface area contributed by atoms with Crippen molar-refractivity contribution in [2.75, 3.05) is 44.4 Å². The summed E-state index contributed by atoms with van der Waals surface area (Å²) >= 11 is 0. The van der Waals surface area contributed by atoms with Gasteiger partial charge in [-0.3, -0.25) is 9.59 Å². The number of rotatable bonds is 11. The Morgan fingerprint density at radius 1 is 0.944 bits per heavy atom. The van der Waals surface area contributed by atoms with Crippen molar-refractivity contribution < 1.29 is 23.5 Å². The quantitative estimate of drug-likeness (QED) is 0.462. The smallest absolute Gasteiger partial charge is 0.223 e. The van der Waals surface area contributed by atoms with Crippen LogP contribution in [0.4, 0.5) is 10.1 Å². The van der Waals surface area contributed by atoms with E-state index in [9.17, 15) is 14.0 Å². The Kier molecular flexibility index (Phi) is 9.27. The molecule has 0 N–H and O–H groups in total. The lowest BCUT2D eigenvalue weighted by molar-refractivity contribution is -0.133. The van der Waals surface area contributed by atoms with E-state index in [2.05, 4.69) is 17.0 Å². The number of nitrogens with zero attached hydrogens (tertiary/aromatic N) is 2. The summed E-state index contributed by atoms with van der Waals surface area (Å²) in [7, 11) is 0. The third-order valence-corrected chi connectivity index (χ3v) is 6.44. The van der Waals surface area contributed by atoms with E-state index in [1.807, 2.05) is 53.4 Å². The first kappa shape index (κ1) is 25.6. The highest BCUT2D eigenvalue weighted by Gasteiger charge is 2.22. The van der Waals surface area contributed by atoms with Crippen LogP contribution < -0.4 is 9.64 Å². The Labute approximate surface area is 212 Å². The van der Waals surface area contributed by atoms with Crippen molar-refractivity contribution in [1.29, 1.82) is 0 Å². The maximum absolute atomic E-state index is 12.7. The number of allylic oxidation sites excluding steroid dienone is 2. The molecule has 1 unspecified atom stereocenters. The van der Waals surface area contributed by atoms with E-state index in [1.54, 1.807) is 12.2 Å². The molecule has 1 fully saturated rings. The van der Waals surface area contributed by atoms with Gasteiger partial charge >= 0.3 is 0 Å². The molecule has 1 heterocycles. The Morgan fingerprint density at radius 3 is 2.36 bits per heavy atom. The Morgan fingerprint density at radius 2 is 1.69 bits per heavy atom. The van der Waals surface area contributed by atoms with Crippen molar-refractivity contribution in [3.05, 3.63) is 84.0 Å². The maximum Gasteiger partial charge on any atom is 0.223 e. The van der Waals surface area contributed by atoms with Gasteiger partial charge in [0, 0.05) is 50.3 Å². The lowest BCUT2D eigenvalue weighted by Gasteiger charge is -2.36. The van der Waals surface area contributed by atoms with Crippen LogP contribution in [0.1, 0.15) is 24.8 Å². The van der Waals surface area contributed by atoms with Gasteiger partial charge in [0.2, 0.25) is 5.91 Å². The number of halogens is 1. The second-order valence-corrected chi connectivity index (χ2v) is 8.91. The van der Waals surface area contributed by atoms with Crippen LogP contribution >= 0.6 is 0 Å². The third-order valence-electron chi connectivity index (χ3n) is 6.44. The first-order valence-electron chi connectivity index (χ1n) is 12.5. The standard InChI is InChI=1S/C29H33FN2O4/c30-16-21-35-26-10-6-24(7-11-26)28(33)14-15-29(34)32-19-17-31(18-20-32)25-8-12-27(13-9-25)36-22-23-4-2-1-3-5-23/h1-10,12-13,26H,11,14-22H2. The van der Waals surface area contributed by atoms with Crippen molar-refractivity contribution in [2.45, 2.75) is 32.0 Å². The van der Waals surface area contributed by atoms with Gasteiger partial charge in [0.25, 0.3) is 0 Å². The highest BCUT2D eigenvalue weighted by atomic mass is 19.1. The molecular formula is C29H33FN2O4. The van der Waals surface area contributed by atoms with Crippen molar-refractivity contribution in [1.82, 2.24) is 4.90 Å². The monoisotopic (exact) mass is 492 g/mol. The summed E-state index contributed by atoms with van der Waals surface area (Å²) in [6, 6.07) is 18.1. The molecule has 2 aromatic rings. The molecule has 1 saturated heterocycles. The summed E-state index contributed by atoms with van der Waals surface area (Å²) in [6.45, 7) is 2.84. The SMILES string of the molecule is O=C(CCC(=O)N1CCN(c2ccc(OCc3ccccc3)cc2)CC1)C1=CCC(OCCF)C=C1. The van der Waals surface area contributed by atoms with Gasteiger partial charge in [-0.2, -0.15) is 0 Å². The molecule has 36 heavy (non-hydrogen) atoms. The van der Waals surface area contributed by atoms with E-state index >= 15 is 0 Å². The fourth-order valence-corrected chi connectivity index (χ4v) is 4.36. The molecule has 190 valence electrons. The van der Waals surface area contributed by atoms with Crippen LogP contribution in [0.2, 0.25) is 0 Å². The zero-order valence-corrected chi connectivity index (χ0v) is 20.5. The zero-order valence-electron chi connectivity index (χ0n) is 20.5. The van der Waals surface area contributed by atoms with Gasteiger partial charge in [-0.1, -0.05) is 48.6 Å². The van der Waals surface area contributed by atoms with E-state index in [1.165, 1.54) is 0 Å². The first-order chi connectivity index (χ1) is 17.6. The van der Waals surface area contributed by atoms with Crippen molar-refractivity contribution in [3.63, 3.8) is 0 Å². The van der Waals surface area contributed by atoms with Crippen LogP contribution in [0, 0.1) is 0 Å². The van der Waals surface area contributed by atoms with Crippen molar-refractivity contribution in [2.24, 2.45) is 0 Å². The fraction of sp³-hybridized carbons (Fsp3) is 0.379. The number of carbonyl (C=O) groups excluding carboxylic acids is 2. The molecule has 0 saturated carbocycles. The summed E-state index contributed by atoms with van der Waals surface area (Å²) in [5.41, 5.74) is 2.84. The Hall–Kier alpha value is -3.45. The van der Waals surface area contributed by atoms with Gasteiger partial charge in [-0.25, -0.2) is 4.39 Å². The maximum atomic E-state index is 12.7. The van der Waals surface area contributed by atoms with Crippen LogP contribution in [0.15, 0.2) is 78.4 Å². The lowest BCUT2D eigenvalue weighted by atomic mass is 9.99. The Balaban J connectivity index is 1.17. The third kappa shape index (κ3) is 7.28. The molecule has 2 aliphatic rings. The van der Waals surface area contributed by atoms with Gasteiger partial charge in [-0.05, 0) is 36.2 Å². The molecule has 1 atom stereocenters. The zero-order chi connectivity index (χ0) is 25.2. The van der Waals surface area contributed by atoms with E-state index in [-0.39, 0.29) is 37.2 Å². The summed E-state index contributed by atoms with van der Waals surface area (Å²) in [5, 5.41) is 0. The largest absolute Gasteiger partial charge is 0.489 e. The summed E-state index contributed by atoms with van der Waals surface area (Å²) in [6.07, 6.45) is 6.07. The average molecular weight is 493 g/mol. The van der Waals surface area contributed by atoms with Crippen LogP contribution in [0.5, 0.6) is 5.75 Å². The minimum atomic E-state index is -0.521. The number of Topliss-reactive ketones (excluding diaryl/α,β-unsaturated/α-hetero) is 1. The number of ketones is 1. The minimum absolute atomic E-state index is 0.0113. The van der Waals surface area contributed by atoms with Gasteiger partial charge in [0.1, 0.15) is 19.0 Å². The molecule has 0 bridgehead atoms. The molecule has 1 aliphatic heterocycles. The highest BCUT2D eigenvalue weighted by Crippen LogP contribution is 2.22. The van der Waals surface area contributed by atoms with Crippen LogP contribution in [0.3, 0.4) is 0 Å². The van der Waals surface area contributed by atoms with Gasteiger partial charge in [0.15, 0.2) is 5.78 Å². The van der Waals surface area contributed by atoms with E-state index in [0.717, 1.165) is 30.1 Å². The second-order valence-electron chi connectivity index (χ2n) is 8.91. The molecule has 0 radical (unpaired) electrons. The predicted molar refractivity (Wildman–Crippen MR) is 138 cm³/mol. The number of benzene rings is 2. The van der Waals surface area contributed by atoms with Crippen LogP contribution in [-0.4, -0.2) is 62.2 Å². The number of ether oxygens (including phenoxy) is 2. The van der Waals surface area contributed by atoms with E-state index < -0.39 is 6.67 Å². The summed E-state index contributed by atoms with van der Waals surface area (Å²) in [5.74, 6) is 0.792. The Bertz CT molecular complexity index is 1060. The summed E-state index contributed by atoms with van der Waals surface area (Å²) < 4.78 is 23.4. The van der Waals surface area contributed by atoms with Crippen LogP contribution in [-0.2, 0) is 20.9 Å². The fourth-order valence-electron chi connectivity index (χ4n) is 4.36. The highest BCUT2D eigenvalue weighted by molar-refractivity contribution is 5.99. The number of anilines is 1. The normalized spacial score (nSPS) is 17.6. The average Bonchev–Trinajstić information content (AvgIpc) is 2.94. The predicted octanol–water partition coefficient (Wildman–Crippen LogP) is 4.50. The van der Waals surface area contributed by atoms with Gasteiger partial charge in [0.05, 0.1) is 12.7 Å². The van der Waals surface area contributed by atoms with E-state index in [4.69, 9.17) is 9.47 Å². The second kappa shape index (κ2) is 13.0. The number of carbonyl (C=O) groups is 2. The summed E-state index contributed by atoms with van der Waals surface area (Å²) in [4.78, 5) is 29.3. The van der Waals surface area contributed by atoms with Gasteiger partial charge in [-0.15, -0.1) is 0 Å². The molecule has 7 heteroatoms. The molecule has 4 rings (SSSR count). The number of piperazine rings is 1. The minimum Gasteiger partial charge on any atom is -0.489 e. The molecule has 1 amide bonds. The van der Waals surface area contributed by atoms with Crippen LogP contribution in [0.25, 0.3) is 0 Å². The number of alkyl halides is 1. The number of hydrogen-bond donors (Lipinski definition) is 0. The molecule has 0 aromatic heterocycles. The topological polar surface area (TPSA) is 59.1 Å². The molecule has 6 nitrogen and oxygen atoms in total. The molecular weight excluding hydrogens is 459 g/mol. The molecule has 1 aliphatic carbocycles. The number of hydrogen-bond acceptors (Lipinski definition) is 5. The van der Waals surface area contributed by atoms with E-state index in [0.29, 0.717) is 31.7 Å². The van der Waals surface area contributed by atoms with Crippen molar-refractivity contribution >= 4 is 17.4 Å². The first-order valence-corrected chi connectivity index (χ1v) is 12.5. The lowest BCUT2D eigenvalue weighted by Crippen LogP contribution is -2.48. The number of amides is 1. The van der Waals surface area contributed by atoms with Crippen molar-refractivity contribution in [3.8, 4) is 5.75 Å².